The second kappa shape index (κ2) is 6.19. The van der Waals surface area contributed by atoms with Gasteiger partial charge in [-0.1, -0.05) is 0 Å². The predicted molar refractivity (Wildman–Crippen MR) is 80.5 cm³/mol. The van der Waals surface area contributed by atoms with Crippen LogP contribution in [0.25, 0.3) is 0 Å². The second-order valence-corrected chi connectivity index (χ2v) is 7.16. The lowest BCUT2D eigenvalue weighted by atomic mass is 9.92. The molecule has 9 heteroatoms. The number of rotatable bonds is 5. The number of non-ortho nitro benzene ring substituents is 1. The summed E-state index contributed by atoms with van der Waals surface area (Å²) >= 11 is 0. The van der Waals surface area contributed by atoms with Crippen LogP contribution in [0.15, 0.2) is 23.1 Å². The highest BCUT2D eigenvalue weighted by atomic mass is 32.2. The van der Waals surface area contributed by atoms with Crippen LogP contribution in [0, 0.1) is 10.1 Å². The number of methoxy groups -OCH3 is 1. The summed E-state index contributed by atoms with van der Waals surface area (Å²) in [5.41, 5.74) is -0.763. The third-order valence-corrected chi connectivity index (χ3v) is 5.41. The summed E-state index contributed by atoms with van der Waals surface area (Å²) in [5.74, 6) is -0.0424. The van der Waals surface area contributed by atoms with Crippen molar-refractivity contribution in [2.75, 3.05) is 20.2 Å². The zero-order chi connectivity index (χ0) is 16.4. The molecule has 2 rings (SSSR count). The van der Waals surface area contributed by atoms with Crippen LogP contribution in [0.4, 0.5) is 5.69 Å². The van der Waals surface area contributed by atoms with Gasteiger partial charge in [-0.2, -0.15) is 0 Å². The lowest BCUT2D eigenvalue weighted by Crippen LogP contribution is -2.52. The minimum absolute atomic E-state index is 0.0424. The number of hydrogen-bond donors (Lipinski definition) is 2. The smallest absolute Gasteiger partial charge is 0.273 e. The molecule has 0 unspecified atom stereocenters. The Morgan fingerprint density at radius 3 is 2.55 bits per heavy atom. The Kier molecular flexibility index (Phi) is 4.69. The molecule has 1 aliphatic rings. The largest absolute Gasteiger partial charge is 0.495 e. The fraction of sp³-hybridized carbons (Fsp3) is 0.538. The van der Waals surface area contributed by atoms with Gasteiger partial charge in [-0.15, -0.1) is 0 Å². The average Bonchev–Trinajstić information content (AvgIpc) is 2.46. The Morgan fingerprint density at radius 1 is 1.36 bits per heavy atom. The van der Waals surface area contributed by atoms with E-state index in [1.807, 2.05) is 6.92 Å². The fourth-order valence-electron chi connectivity index (χ4n) is 2.45. The van der Waals surface area contributed by atoms with Gasteiger partial charge in [0.2, 0.25) is 10.0 Å². The van der Waals surface area contributed by atoms with E-state index in [1.54, 1.807) is 0 Å². The van der Waals surface area contributed by atoms with Crippen molar-refractivity contribution in [3.05, 3.63) is 28.3 Å². The van der Waals surface area contributed by atoms with Crippen LogP contribution < -0.4 is 14.8 Å². The van der Waals surface area contributed by atoms with E-state index in [2.05, 4.69) is 10.0 Å². The van der Waals surface area contributed by atoms with E-state index in [4.69, 9.17) is 4.74 Å². The van der Waals surface area contributed by atoms with E-state index in [-0.39, 0.29) is 16.3 Å². The minimum Gasteiger partial charge on any atom is -0.495 e. The van der Waals surface area contributed by atoms with E-state index in [0.717, 1.165) is 25.2 Å². The molecule has 0 saturated carbocycles. The van der Waals surface area contributed by atoms with Gasteiger partial charge < -0.3 is 10.1 Å². The molecule has 1 aromatic carbocycles. The molecule has 1 saturated heterocycles. The van der Waals surface area contributed by atoms with Gasteiger partial charge in [-0.25, -0.2) is 13.1 Å². The predicted octanol–water partition coefficient (Wildman–Crippen LogP) is 1.02. The van der Waals surface area contributed by atoms with Gasteiger partial charge in [0.1, 0.15) is 10.6 Å². The maximum atomic E-state index is 12.6. The maximum Gasteiger partial charge on any atom is 0.273 e. The summed E-state index contributed by atoms with van der Waals surface area (Å²) in [6, 6.07) is 3.46. The SMILES string of the molecule is COc1cc([N+](=O)[O-])ccc1S(=O)(=O)NC1(C)CCNCC1. The van der Waals surface area contributed by atoms with Crippen molar-refractivity contribution >= 4 is 15.7 Å². The third-order valence-electron chi connectivity index (χ3n) is 3.74. The molecule has 0 aromatic heterocycles. The minimum atomic E-state index is -3.83. The Bertz CT molecular complexity index is 668. The summed E-state index contributed by atoms with van der Waals surface area (Å²) in [5, 5.41) is 13.9. The maximum absolute atomic E-state index is 12.6. The molecular weight excluding hydrogens is 310 g/mol. The molecule has 122 valence electrons. The quantitative estimate of drug-likeness (QED) is 0.616. The van der Waals surface area contributed by atoms with Gasteiger partial charge in [-0.3, -0.25) is 10.1 Å². The number of nitrogens with one attached hydrogen (secondary N) is 2. The highest BCUT2D eigenvalue weighted by molar-refractivity contribution is 7.89. The summed E-state index contributed by atoms with van der Waals surface area (Å²) < 4.78 is 32.9. The number of ether oxygens (including phenoxy) is 1. The Balaban J connectivity index is 2.34. The van der Waals surface area contributed by atoms with Gasteiger partial charge in [0.15, 0.2) is 0 Å². The molecule has 0 spiro atoms. The lowest BCUT2D eigenvalue weighted by molar-refractivity contribution is -0.385. The van der Waals surface area contributed by atoms with Crippen LogP contribution in [0.1, 0.15) is 19.8 Å². The van der Waals surface area contributed by atoms with Crippen molar-refractivity contribution in [2.24, 2.45) is 0 Å². The van der Waals surface area contributed by atoms with Gasteiger partial charge in [0, 0.05) is 11.6 Å². The summed E-state index contributed by atoms with van der Waals surface area (Å²) in [7, 11) is -2.55. The third kappa shape index (κ3) is 3.54. The molecule has 0 aliphatic carbocycles. The van der Waals surface area contributed by atoms with Crippen molar-refractivity contribution < 1.29 is 18.1 Å². The zero-order valence-corrected chi connectivity index (χ0v) is 13.3. The molecule has 0 bridgehead atoms. The molecule has 1 fully saturated rings. The standard InChI is InChI=1S/C13H19N3O5S/c1-13(5-7-14-8-6-13)15-22(19,20)12-4-3-10(16(17)18)9-11(12)21-2/h3-4,9,14-15H,5-8H2,1-2H3. The Labute approximate surface area is 129 Å². The van der Waals surface area contributed by atoms with Gasteiger partial charge in [-0.05, 0) is 38.9 Å². The first-order chi connectivity index (χ1) is 10.3. The topological polar surface area (TPSA) is 111 Å². The molecule has 0 amide bonds. The van der Waals surface area contributed by atoms with Crippen molar-refractivity contribution in [2.45, 2.75) is 30.2 Å². The van der Waals surface area contributed by atoms with Crippen LogP contribution in [0.2, 0.25) is 0 Å². The van der Waals surface area contributed by atoms with E-state index >= 15 is 0 Å². The summed E-state index contributed by atoms with van der Waals surface area (Å²) in [4.78, 5) is 10.1. The highest BCUT2D eigenvalue weighted by Crippen LogP contribution is 2.30. The van der Waals surface area contributed by atoms with Gasteiger partial charge in [0.25, 0.3) is 5.69 Å². The molecule has 1 heterocycles. The van der Waals surface area contributed by atoms with E-state index in [1.165, 1.54) is 13.2 Å². The molecule has 1 aliphatic heterocycles. The van der Waals surface area contributed by atoms with E-state index < -0.39 is 20.5 Å². The number of piperidine rings is 1. The Morgan fingerprint density at radius 2 is 2.00 bits per heavy atom. The number of nitro groups is 1. The van der Waals surface area contributed by atoms with Crippen LogP contribution in [-0.4, -0.2) is 39.1 Å². The highest BCUT2D eigenvalue weighted by Gasteiger charge is 2.33. The van der Waals surface area contributed by atoms with Crippen LogP contribution in [0.3, 0.4) is 0 Å². The van der Waals surface area contributed by atoms with Gasteiger partial charge >= 0.3 is 0 Å². The van der Waals surface area contributed by atoms with E-state index in [0.29, 0.717) is 12.8 Å². The first kappa shape index (κ1) is 16.7. The summed E-state index contributed by atoms with van der Waals surface area (Å²) in [6.07, 6.45) is 1.34. The Hall–Kier alpha value is -1.71. The second-order valence-electron chi connectivity index (χ2n) is 5.51. The first-order valence-electron chi connectivity index (χ1n) is 6.84. The van der Waals surface area contributed by atoms with Crippen molar-refractivity contribution in [1.29, 1.82) is 0 Å². The van der Waals surface area contributed by atoms with Crippen LogP contribution in [-0.2, 0) is 10.0 Å². The van der Waals surface area contributed by atoms with Crippen molar-refractivity contribution in [3.63, 3.8) is 0 Å². The van der Waals surface area contributed by atoms with Crippen LogP contribution in [0.5, 0.6) is 5.75 Å². The molecule has 8 nitrogen and oxygen atoms in total. The lowest BCUT2D eigenvalue weighted by Gasteiger charge is -2.34. The first-order valence-corrected chi connectivity index (χ1v) is 8.33. The van der Waals surface area contributed by atoms with Crippen molar-refractivity contribution in [1.82, 2.24) is 10.0 Å². The van der Waals surface area contributed by atoms with E-state index in [9.17, 15) is 18.5 Å². The molecule has 1 aromatic rings. The van der Waals surface area contributed by atoms with Gasteiger partial charge in [0.05, 0.1) is 18.1 Å². The number of nitrogens with zero attached hydrogens (tertiary/aromatic N) is 1. The number of nitro benzene ring substituents is 1. The molecule has 22 heavy (non-hydrogen) atoms. The fourth-order valence-corrected chi connectivity index (χ4v) is 4.07. The molecule has 2 N–H and O–H groups in total. The van der Waals surface area contributed by atoms with Crippen LogP contribution >= 0.6 is 0 Å². The summed E-state index contributed by atoms with van der Waals surface area (Å²) in [6.45, 7) is 3.32. The number of hydrogen-bond acceptors (Lipinski definition) is 6. The molecule has 0 atom stereocenters. The molecule has 0 radical (unpaired) electrons. The van der Waals surface area contributed by atoms with Crippen molar-refractivity contribution in [3.8, 4) is 5.75 Å². The monoisotopic (exact) mass is 329 g/mol. The number of sulfonamides is 1. The zero-order valence-electron chi connectivity index (χ0n) is 12.5. The normalized spacial score (nSPS) is 17.9. The molecular formula is C13H19N3O5S. The number of benzene rings is 1. The average molecular weight is 329 g/mol.